The van der Waals surface area contributed by atoms with Crippen molar-refractivity contribution < 1.29 is 23.7 Å². The van der Waals surface area contributed by atoms with Gasteiger partial charge < -0.3 is 18.9 Å². The first-order chi connectivity index (χ1) is 11.7. The molecule has 1 aromatic rings. The van der Waals surface area contributed by atoms with Crippen LogP contribution in [0.5, 0.6) is 5.75 Å². The van der Waals surface area contributed by atoms with Crippen LogP contribution < -0.4 is 4.74 Å². The monoisotopic (exact) mass is 332 g/mol. The van der Waals surface area contributed by atoms with E-state index in [1.165, 1.54) is 0 Å². The number of carbonyl (C=O) groups excluding carboxylic acids is 1. The molecule has 1 rings (SSSR count). The largest absolute Gasteiger partial charge is 0.501 e. The number of hydrogen-bond donors (Lipinski definition) is 0. The van der Waals surface area contributed by atoms with E-state index in [4.69, 9.17) is 18.9 Å². The number of benzene rings is 1. The molecule has 130 valence electrons. The first kappa shape index (κ1) is 19.4. The van der Waals surface area contributed by atoms with Crippen LogP contribution in [0, 0.1) is 0 Å². The van der Waals surface area contributed by atoms with Crippen molar-refractivity contribution in [3.63, 3.8) is 0 Å². The number of hydrogen-bond acceptors (Lipinski definition) is 5. The maximum absolute atomic E-state index is 10.8. The lowest BCUT2D eigenvalue weighted by Gasteiger charge is -2.04. The highest BCUT2D eigenvalue weighted by molar-refractivity contribution is 5.81. The number of esters is 1. The zero-order valence-corrected chi connectivity index (χ0v) is 14.2. The van der Waals surface area contributed by atoms with Crippen LogP contribution >= 0.6 is 0 Å². The van der Waals surface area contributed by atoms with Crippen molar-refractivity contribution in [1.82, 2.24) is 0 Å². The molecule has 0 bridgehead atoms. The first-order valence-corrected chi connectivity index (χ1v) is 7.64. The second kappa shape index (κ2) is 11.8. The molecule has 5 nitrogen and oxygen atoms in total. The molecular weight excluding hydrogens is 308 g/mol. The van der Waals surface area contributed by atoms with Crippen molar-refractivity contribution in [3.8, 4) is 5.75 Å². The lowest BCUT2D eigenvalue weighted by molar-refractivity contribution is -0.138. The summed E-state index contributed by atoms with van der Waals surface area (Å²) in [5.41, 5.74) is 2.00. The van der Waals surface area contributed by atoms with E-state index in [1.54, 1.807) is 19.6 Å². The Balaban J connectivity index is 2.16. The summed E-state index contributed by atoms with van der Waals surface area (Å²) in [5, 5.41) is 0. The maximum atomic E-state index is 10.8. The number of methoxy groups -OCH3 is 1. The SMILES string of the molecule is C=CC(=O)OCCCO/C=C/C(C)=C\OCc1ccc(OC)cc1. The summed E-state index contributed by atoms with van der Waals surface area (Å²) in [4.78, 5) is 10.8. The fourth-order valence-corrected chi connectivity index (χ4v) is 1.63. The minimum atomic E-state index is -0.418. The average Bonchev–Trinajstić information content (AvgIpc) is 2.61. The fourth-order valence-electron chi connectivity index (χ4n) is 1.63. The van der Waals surface area contributed by atoms with Crippen molar-refractivity contribution in [1.29, 1.82) is 0 Å². The third-order valence-electron chi connectivity index (χ3n) is 2.92. The minimum Gasteiger partial charge on any atom is -0.501 e. The fraction of sp³-hybridized carbons (Fsp3) is 0.316. The van der Waals surface area contributed by atoms with Gasteiger partial charge in [0.05, 0.1) is 32.8 Å². The van der Waals surface area contributed by atoms with Crippen LogP contribution in [0.15, 0.2) is 61.1 Å². The van der Waals surface area contributed by atoms with E-state index in [2.05, 4.69) is 6.58 Å². The zero-order chi connectivity index (χ0) is 17.6. The maximum Gasteiger partial charge on any atom is 0.330 e. The topological polar surface area (TPSA) is 54.0 Å². The molecule has 0 radical (unpaired) electrons. The van der Waals surface area contributed by atoms with Crippen LogP contribution in [-0.2, 0) is 25.6 Å². The van der Waals surface area contributed by atoms with E-state index in [9.17, 15) is 4.79 Å². The van der Waals surface area contributed by atoms with Gasteiger partial charge in [-0.1, -0.05) is 18.7 Å². The van der Waals surface area contributed by atoms with E-state index >= 15 is 0 Å². The van der Waals surface area contributed by atoms with Crippen molar-refractivity contribution in [2.45, 2.75) is 20.0 Å². The molecule has 0 unspecified atom stereocenters. The van der Waals surface area contributed by atoms with Crippen LogP contribution in [0.2, 0.25) is 0 Å². The molecule has 24 heavy (non-hydrogen) atoms. The highest BCUT2D eigenvalue weighted by Gasteiger charge is 1.95. The zero-order valence-electron chi connectivity index (χ0n) is 14.2. The standard InChI is InChI=1S/C19H24O5/c1-4-19(20)24-12-5-11-22-13-10-16(2)14-23-15-17-6-8-18(21-3)9-7-17/h4,6-10,13-14H,1,5,11-12,15H2,2-3H3/b13-10+,16-14-. The summed E-state index contributed by atoms with van der Waals surface area (Å²) in [6.07, 6.45) is 6.85. The summed E-state index contributed by atoms with van der Waals surface area (Å²) in [5.74, 6) is 0.406. The van der Waals surface area contributed by atoms with Crippen LogP contribution in [-0.4, -0.2) is 26.3 Å². The second-order valence-corrected chi connectivity index (χ2v) is 4.92. The molecular formula is C19H24O5. The molecule has 0 aliphatic carbocycles. The smallest absolute Gasteiger partial charge is 0.330 e. The van der Waals surface area contributed by atoms with E-state index in [0.717, 1.165) is 23.0 Å². The molecule has 0 saturated carbocycles. The molecule has 0 heterocycles. The van der Waals surface area contributed by atoms with Gasteiger partial charge in [-0.05, 0) is 36.3 Å². The van der Waals surface area contributed by atoms with Gasteiger partial charge in [0.1, 0.15) is 12.4 Å². The van der Waals surface area contributed by atoms with Crippen molar-refractivity contribution in [3.05, 3.63) is 66.7 Å². The molecule has 0 N–H and O–H groups in total. The lowest BCUT2D eigenvalue weighted by Crippen LogP contribution is -2.03. The van der Waals surface area contributed by atoms with Crippen LogP contribution in [0.3, 0.4) is 0 Å². The lowest BCUT2D eigenvalue weighted by atomic mass is 10.2. The molecule has 1 aromatic carbocycles. The molecule has 0 fully saturated rings. The third kappa shape index (κ3) is 8.68. The third-order valence-corrected chi connectivity index (χ3v) is 2.92. The van der Waals surface area contributed by atoms with E-state index in [-0.39, 0.29) is 0 Å². The predicted octanol–water partition coefficient (Wildman–Crippen LogP) is 3.77. The summed E-state index contributed by atoms with van der Waals surface area (Å²) in [7, 11) is 1.64. The molecule has 5 heteroatoms. The Morgan fingerprint density at radius 3 is 2.58 bits per heavy atom. The molecule has 0 saturated heterocycles. The Bertz CT molecular complexity index is 558. The van der Waals surface area contributed by atoms with Crippen molar-refractivity contribution >= 4 is 5.97 Å². The number of allylic oxidation sites excluding steroid dienone is 2. The molecule has 0 aromatic heterocycles. The van der Waals surface area contributed by atoms with Crippen LogP contribution in [0.4, 0.5) is 0 Å². The van der Waals surface area contributed by atoms with E-state index in [0.29, 0.717) is 26.2 Å². The first-order valence-electron chi connectivity index (χ1n) is 7.64. The summed E-state index contributed by atoms with van der Waals surface area (Å²) in [6.45, 7) is 6.52. The van der Waals surface area contributed by atoms with Crippen LogP contribution in [0.1, 0.15) is 18.9 Å². The molecule has 0 atom stereocenters. The Hall–Kier alpha value is -2.69. The van der Waals surface area contributed by atoms with Gasteiger partial charge in [0.15, 0.2) is 0 Å². The van der Waals surface area contributed by atoms with Crippen molar-refractivity contribution in [2.24, 2.45) is 0 Å². The number of rotatable bonds is 11. The van der Waals surface area contributed by atoms with E-state index < -0.39 is 5.97 Å². The number of ether oxygens (including phenoxy) is 4. The quantitative estimate of drug-likeness (QED) is 0.203. The summed E-state index contributed by atoms with van der Waals surface area (Å²) >= 11 is 0. The Labute approximate surface area is 143 Å². The van der Waals surface area contributed by atoms with Crippen molar-refractivity contribution in [2.75, 3.05) is 20.3 Å². The Morgan fingerprint density at radius 2 is 1.92 bits per heavy atom. The van der Waals surface area contributed by atoms with Gasteiger partial charge in [-0.3, -0.25) is 0 Å². The van der Waals surface area contributed by atoms with Gasteiger partial charge in [0, 0.05) is 12.5 Å². The average molecular weight is 332 g/mol. The highest BCUT2D eigenvalue weighted by Crippen LogP contribution is 2.12. The summed E-state index contributed by atoms with van der Waals surface area (Å²) < 4.78 is 20.7. The molecule has 0 amide bonds. The Kier molecular flexibility index (Phi) is 9.53. The normalized spacial score (nSPS) is 11.2. The van der Waals surface area contributed by atoms with E-state index in [1.807, 2.05) is 37.3 Å². The van der Waals surface area contributed by atoms with Gasteiger partial charge in [-0.25, -0.2) is 4.79 Å². The summed E-state index contributed by atoms with van der Waals surface area (Å²) in [6, 6.07) is 7.71. The highest BCUT2D eigenvalue weighted by atomic mass is 16.5. The predicted molar refractivity (Wildman–Crippen MR) is 92.4 cm³/mol. The minimum absolute atomic E-state index is 0.318. The second-order valence-electron chi connectivity index (χ2n) is 4.92. The van der Waals surface area contributed by atoms with Gasteiger partial charge in [-0.15, -0.1) is 0 Å². The van der Waals surface area contributed by atoms with Gasteiger partial charge in [0.2, 0.25) is 0 Å². The van der Waals surface area contributed by atoms with Gasteiger partial charge in [-0.2, -0.15) is 0 Å². The molecule has 0 aliphatic rings. The molecule has 0 aliphatic heterocycles. The van der Waals surface area contributed by atoms with Gasteiger partial charge in [0.25, 0.3) is 0 Å². The van der Waals surface area contributed by atoms with Crippen LogP contribution in [0.25, 0.3) is 0 Å². The van der Waals surface area contributed by atoms with Gasteiger partial charge >= 0.3 is 5.97 Å². The number of carbonyl (C=O) groups is 1. The molecule has 0 spiro atoms. The Morgan fingerprint density at radius 1 is 1.17 bits per heavy atom.